The number of ketones is 1. The van der Waals surface area contributed by atoms with Crippen LogP contribution in [-0.4, -0.2) is 35.4 Å². The third kappa shape index (κ3) is 3.17. The number of ether oxygens (including phenoxy) is 1. The summed E-state index contributed by atoms with van der Waals surface area (Å²) in [5.41, 5.74) is 0. The van der Waals surface area contributed by atoms with E-state index in [-0.39, 0.29) is 17.6 Å². The number of benzene rings is 1. The van der Waals surface area contributed by atoms with Crippen molar-refractivity contribution in [2.75, 3.05) is 19.4 Å². The van der Waals surface area contributed by atoms with E-state index in [0.717, 1.165) is 25.1 Å². The van der Waals surface area contributed by atoms with E-state index in [1.807, 2.05) is 0 Å². The molecule has 5 heteroatoms. The van der Waals surface area contributed by atoms with Crippen LogP contribution in [0.1, 0.15) is 12.8 Å². The quantitative estimate of drug-likeness (QED) is 0.868. The van der Waals surface area contributed by atoms with Gasteiger partial charge in [-0.2, -0.15) is 0 Å². The Morgan fingerprint density at radius 2 is 2.17 bits per heavy atom. The monoisotopic (exact) mass is 267 g/mol. The van der Waals surface area contributed by atoms with E-state index in [9.17, 15) is 9.00 Å². The molecule has 1 heterocycles. The van der Waals surface area contributed by atoms with Gasteiger partial charge in [-0.3, -0.25) is 9.00 Å². The highest BCUT2D eigenvalue weighted by Gasteiger charge is 2.23. The summed E-state index contributed by atoms with van der Waals surface area (Å²) in [6, 6.07) is 6.89. The standard InChI is InChI=1S/C13H17NO3S/c1-17-10-4-6-11(7-5-10)18(16)9-13(15)12-3-2-8-14-12/h4-7,12,14H,2-3,8-9H2,1H3/t12?,18-/m0/s1. The predicted octanol–water partition coefficient (Wildman–Crippen LogP) is 1.12. The van der Waals surface area contributed by atoms with Crippen LogP contribution in [-0.2, 0) is 15.6 Å². The molecule has 0 spiro atoms. The first kappa shape index (κ1) is 13.2. The highest BCUT2D eigenvalue weighted by Crippen LogP contribution is 2.15. The molecule has 1 aliphatic rings. The van der Waals surface area contributed by atoms with Gasteiger partial charge in [-0.05, 0) is 43.7 Å². The van der Waals surface area contributed by atoms with E-state index in [2.05, 4.69) is 5.32 Å². The average Bonchev–Trinajstić information content (AvgIpc) is 2.92. The lowest BCUT2D eigenvalue weighted by molar-refractivity contribution is -0.118. The smallest absolute Gasteiger partial charge is 0.162 e. The molecule has 1 aromatic rings. The average molecular weight is 267 g/mol. The van der Waals surface area contributed by atoms with Crippen molar-refractivity contribution in [3.8, 4) is 5.75 Å². The van der Waals surface area contributed by atoms with Gasteiger partial charge < -0.3 is 10.1 Å². The Kier molecular flexibility index (Phi) is 4.49. The van der Waals surface area contributed by atoms with Gasteiger partial charge in [0.2, 0.25) is 0 Å². The summed E-state index contributed by atoms with van der Waals surface area (Å²) in [5, 5.41) is 3.13. The Balaban J connectivity index is 1.95. The highest BCUT2D eigenvalue weighted by atomic mass is 32.2. The molecular formula is C13H17NO3S. The maximum Gasteiger partial charge on any atom is 0.162 e. The molecule has 98 valence electrons. The lowest BCUT2D eigenvalue weighted by Gasteiger charge is -2.08. The Morgan fingerprint density at radius 3 is 2.72 bits per heavy atom. The first-order valence-corrected chi connectivity index (χ1v) is 7.31. The van der Waals surface area contributed by atoms with Gasteiger partial charge in [0.15, 0.2) is 5.78 Å². The molecule has 2 rings (SSSR count). The van der Waals surface area contributed by atoms with Crippen LogP contribution in [0.5, 0.6) is 5.75 Å². The number of carbonyl (C=O) groups is 1. The minimum Gasteiger partial charge on any atom is -0.497 e. The van der Waals surface area contributed by atoms with E-state index in [0.29, 0.717) is 4.90 Å². The molecule has 0 amide bonds. The van der Waals surface area contributed by atoms with Gasteiger partial charge in [0.25, 0.3) is 0 Å². The Bertz CT molecular complexity index is 438. The van der Waals surface area contributed by atoms with Crippen LogP contribution < -0.4 is 10.1 Å². The number of hydrogen-bond acceptors (Lipinski definition) is 4. The number of nitrogens with one attached hydrogen (secondary N) is 1. The van der Waals surface area contributed by atoms with Crippen LogP contribution in [0.3, 0.4) is 0 Å². The van der Waals surface area contributed by atoms with Gasteiger partial charge in [-0.1, -0.05) is 0 Å². The van der Waals surface area contributed by atoms with Crippen LogP contribution in [0.15, 0.2) is 29.2 Å². The molecule has 1 aromatic carbocycles. The van der Waals surface area contributed by atoms with Gasteiger partial charge in [0, 0.05) is 4.90 Å². The van der Waals surface area contributed by atoms with E-state index >= 15 is 0 Å². The van der Waals surface area contributed by atoms with E-state index in [1.54, 1.807) is 31.4 Å². The fourth-order valence-corrected chi connectivity index (χ4v) is 3.07. The molecule has 0 saturated carbocycles. The van der Waals surface area contributed by atoms with Gasteiger partial charge >= 0.3 is 0 Å². The van der Waals surface area contributed by atoms with Gasteiger partial charge in [-0.25, -0.2) is 0 Å². The molecule has 1 saturated heterocycles. The van der Waals surface area contributed by atoms with Crippen molar-refractivity contribution >= 4 is 16.6 Å². The molecular weight excluding hydrogens is 250 g/mol. The second kappa shape index (κ2) is 6.11. The summed E-state index contributed by atoms with van der Waals surface area (Å²) in [6.07, 6.45) is 1.88. The molecule has 1 aliphatic heterocycles. The third-order valence-electron chi connectivity index (χ3n) is 3.04. The topological polar surface area (TPSA) is 55.4 Å². The maximum atomic E-state index is 12.0. The fourth-order valence-electron chi connectivity index (χ4n) is 2.00. The van der Waals surface area contributed by atoms with Crippen LogP contribution in [0, 0.1) is 0 Å². The molecule has 1 fully saturated rings. The molecule has 1 unspecified atom stereocenters. The number of methoxy groups -OCH3 is 1. The molecule has 2 atom stereocenters. The fraction of sp³-hybridized carbons (Fsp3) is 0.462. The predicted molar refractivity (Wildman–Crippen MR) is 70.3 cm³/mol. The second-order valence-electron chi connectivity index (χ2n) is 4.28. The number of Topliss-reactive ketones (excluding diaryl/α,β-unsaturated/α-hetero) is 1. The minimum atomic E-state index is -1.26. The molecule has 18 heavy (non-hydrogen) atoms. The van der Waals surface area contributed by atoms with E-state index in [1.165, 1.54) is 0 Å². The lowest BCUT2D eigenvalue weighted by Crippen LogP contribution is -2.33. The zero-order chi connectivity index (χ0) is 13.0. The van der Waals surface area contributed by atoms with Crippen molar-refractivity contribution in [2.24, 2.45) is 0 Å². The lowest BCUT2D eigenvalue weighted by atomic mass is 10.2. The van der Waals surface area contributed by atoms with Crippen molar-refractivity contribution < 1.29 is 13.7 Å². The molecule has 0 aliphatic carbocycles. The van der Waals surface area contributed by atoms with Crippen LogP contribution in [0.25, 0.3) is 0 Å². The van der Waals surface area contributed by atoms with Gasteiger partial charge in [0.05, 0.1) is 29.7 Å². The minimum absolute atomic E-state index is 0.0432. The summed E-state index contributed by atoms with van der Waals surface area (Å²) < 4.78 is 17.1. The molecule has 0 bridgehead atoms. The summed E-state index contributed by atoms with van der Waals surface area (Å²) >= 11 is 0. The summed E-state index contributed by atoms with van der Waals surface area (Å²) in [6.45, 7) is 0.881. The van der Waals surface area contributed by atoms with Gasteiger partial charge in [-0.15, -0.1) is 0 Å². The normalized spacial score (nSPS) is 20.6. The highest BCUT2D eigenvalue weighted by molar-refractivity contribution is 7.85. The van der Waals surface area contributed by atoms with Crippen molar-refractivity contribution in [3.05, 3.63) is 24.3 Å². The summed E-state index contributed by atoms with van der Waals surface area (Å²) in [4.78, 5) is 12.5. The SMILES string of the molecule is COc1ccc([S@@](=O)CC(=O)C2CCCN2)cc1. The van der Waals surface area contributed by atoms with Crippen molar-refractivity contribution in [2.45, 2.75) is 23.8 Å². The van der Waals surface area contributed by atoms with Crippen molar-refractivity contribution in [3.63, 3.8) is 0 Å². The van der Waals surface area contributed by atoms with Crippen LogP contribution >= 0.6 is 0 Å². The Labute approximate surface area is 109 Å². The summed E-state index contributed by atoms with van der Waals surface area (Å²) in [5.74, 6) is 0.852. The first-order chi connectivity index (χ1) is 8.70. The third-order valence-corrected chi connectivity index (χ3v) is 4.39. The maximum absolute atomic E-state index is 12.0. The summed E-state index contributed by atoms with van der Waals surface area (Å²) in [7, 11) is 0.320. The van der Waals surface area contributed by atoms with Crippen LogP contribution in [0.4, 0.5) is 0 Å². The zero-order valence-corrected chi connectivity index (χ0v) is 11.2. The molecule has 4 nitrogen and oxygen atoms in total. The van der Waals surface area contributed by atoms with Crippen molar-refractivity contribution in [1.82, 2.24) is 5.32 Å². The second-order valence-corrected chi connectivity index (χ2v) is 5.73. The van der Waals surface area contributed by atoms with E-state index in [4.69, 9.17) is 4.74 Å². The molecule has 1 N–H and O–H groups in total. The van der Waals surface area contributed by atoms with E-state index < -0.39 is 10.8 Å². The Morgan fingerprint density at radius 1 is 1.44 bits per heavy atom. The molecule has 0 aromatic heterocycles. The van der Waals surface area contributed by atoms with Gasteiger partial charge in [0.1, 0.15) is 5.75 Å². The number of rotatable bonds is 5. The van der Waals surface area contributed by atoms with Crippen LogP contribution in [0.2, 0.25) is 0 Å². The largest absolute Gasteiger partial charge is 0.497 e. The first-order valence-electron chi connectivity index (χ1n) is 5.99. The Hall–Kier alpha value is -1.20. The number of hydrogen-bond donors (Lipinski definition) is 1. The number of carbonyl (C=O) groups excluding carboxylic acids is 1. The van der Waals surface area contributed by atoms with Crippen molar-refractivity contribution in [1.29, 1.82) is 0 Å². The zero-order valence-electron chi connectivity index (χ0n) is 10.3. The molecule has 0 radical (unpaired) electrons.